The zero-order valence-electron chi connectivity index (χ0n) is 28.9. The monoisotopic (exact) mass is 685 g/mol. The number of carbonyl (C=O) groups excluding carboxylic acids is 3. The Hall–Kier alpha value is -6.93. The molecule has 8 heteroatoms. The number of rotatable bonds is 11. The molecule has 0 aliphatic heterocycles. The lowest BCUT2D eigenvalue weighted by molar-refractivity contribution is 0.0508. The molecule has 6 aromatic rings. The average molecular weight is 686 g/mol. The highest BCUT2D eigenvalue weighted by molar-refractivity contribution is 6.09. The topological polar surface area (TPSA) is 97.6 Å². The first-order valence-corrected chi connectivity index (χ1v) is 16.6. The lowest BCUT2D eigenvalue weighted by Gasteiger charge is -2.26. The molecule has 0 saturated carbocycles. The summed E-state index contributed by atoms with van der Waals surface area (Å²) in [6, 6.07) is 47.8. The lowest BCUT2D eigenvalue weighted by Crippen LogP contribution is -2.11. The molecule has 256 valence electrons. The van der Waals surface area contributed by atoms with Gasteiger partial charge in [0.05, 0.1) is 22.6 Å². The van der Waals surface area contributed by atoms with Crippen molar-refractivity contribution in [2.75, 3.05) is 4.90 Å². The Balaban J connectivity index is 1.27. The first kappa shape index (κ1) is 34.9. The standard InChI is InChI=1S/C44H35N3O5/c1-30-11-10-16-38(29-30)42(48)35-21-27-41(28-22-35)47(39-23-17-33(18-24-39)31(2)45-51-43(49)36-12-6-4-7-13-36)40-25-19-34(20-26-40)32(3)46-52-44(50)37-14-8-5-9-15-37/h4-29H,1-3H3/b45-31-,46-32+. The number of anilines is 3. The molecular formula is C44H35N3O5. The van der Waals surface area contributed by atoms with E-state index in [1.807, 2.05) is 116 Å². The van der Waals surface area contributed by atoms with Crippen LogP contribution in [-0.2, 0) is 9.68 Å². The highest BCUT2D eigenvalue weighted by Gasteiger charge is 2.16. The van der Waals surface area contributed by atoms with Gasteiger partial charge in [-0.3, -0.25) is 4.79 Å². The van der Waals surface area contributed by atoms with Crippen LogP contribution < -0.4 is 4.90 Å². The predicted octanol–water partition coefficient (Wildman–Crippen LogP) is 9.86. The van der Waals surface area contributed by atoms with Crippen molar-refractivity contribution >= 4 is 46.2 Å². The van der Waals surface area contributed by atoms with E-state index in [-0.39, 0.29) is 5.78 Å². The number of hydrogen-bond donors (Lipinski definition) is 0. The Labute approximate surface area is 302 Å². The molecule has 0 bridgehead atoms. The van der Waals surface area contributed by atoms with E-state index in [9.17, 15) is 14.4 Å². The molecule has 0 saturated heterocycles. The number of ketones is 1. The van der Waals surface area contributed by atoms with Crippen LogP contribution in [-0.4, -0.2) is 29.1 Å². The molecule has 52 heavy (non-hydrogen) atoms. The lowest BCUT2D eigenvalue weighted by atomic mass is 10.0. The molecule has 0 aromatic heterocycles. The van der Waals surface area contributed by atoms with Crippen molar-refractivity contribution in [3.05, 3.63) is 197 Å². The zero-order chi connectivity index (χ0) is 36.5. The molecule has 0 atom stereocenters. The fourth-order valence-electron chi connectivity index (χ4n) is 5.44. The second-order valence-corrected chi connectivity index (χ2v) is 12.0. The van der Waals surface area contributed by atoms with Gasteiger partial charge in [-0.25, -0.2) is 9.59 Å². The quantitative estimate of drug-likeness (QED) is 0.0583. The van der Waals surface area contributed by atoms with Gasteiger partial charge in [-0.1, -0.05) is 94.7 Å². The van der Waals surface area contributed by atoms with Crippen molar-refractivity contribution in [2.45, 2.75) is 20.8 Å². The van der Waals surface area contributed by atoms with Crippen LogP contribution in [0.4, 0.5) is 17.1 Å². The number of hydrogen-bond acceptors (Lipinski definition) is 8. The molecule has 0 aliphatic rings. The van der Waals surface area contributed by atoms with Crippen LogP contribution in [0.5, 0.6) is 0 Å². The first-order valence-electron chi connectivity index (χ1n) is 16.6. The van der Waals surface area contributed by atoms with Crippen molar-refractivity contribution in [3.8, 4) is 0 Å². The van der Waals surface area contributed by atoms with Crippen molar-refractivity contribution in [2.24, 2.45) is 10.3 Å². The number of benzene rings is 6. The Bertz CT molecular complexity index is 2130. The fraction of sp³-hybridized carbons (Fsp3) is 0.0682. The van der Waals surface area contributed by atoms with Crippen LogP contribution in [0.3, 0.4) is 0 Å². The fourth-order valence-corrected chi connectivity index (χ4v) is 5.44. The second-order valence-electron chi connectivity index (χ2n) is 12.0. The van der Waals surface area contributed by atoms with Crippen LogP contribution in [0.15, 0.2) is 168 Å². The van der Waals surface area contributed by atoms with Crippen molar-refractivity contribution in [1.29, 1.82) is 0 Å². The molecular weight excluding hydrogens is 651 g/mol. The molecule has 0 heterocycles. The van der Waals surface area contributed by atoms with E-state index in [0.29, 0.717) is 33.7 Å². The molecule has 0 aliphatic carbocycles. The first-order chi connectivity index (χ1) is 25.3. The summed E-state index contributed by atoms with van der Waals surface area (Å²) < 4.78 is 0. The Morgan fingerprint density at radius 2 is 0.827 bits per heavy atom. The van der Waals surface area contributed by atoms with E-state index < -0.39 is 11.9 Å². The molecule has 0 radical (unpaired) electrons. The van der Waals surface area contributed by atoms with E-state index in [2.05, 4.69) is 15.2 Å². The van der Waals surface area contributed by atoms with Gasteiger partial charge in [0.15, 0.2) is 5.78 Å². The Kier molecular flexibility index (Phi) is 10.9. The van der Waals surface area contributed by atoms with E-state index >= 15 is 0 Å². The smallest absolute Gasteiger partial charge is 0.313 e. The van der Waals surface area contributed by atoms with E-state index in [1.165, 1.54) is 0 Å². The van der Waals surface area contributed by atoms with E-state index in [0.717, 1.165) is 33.8 Å². The molecule has 0 fully saturated rings. The van der Waals surface area contributed by atoms with Gasteiger partial charge in [-0.05, 0) is 111 Å². The third kappa shape index (κ3) is 8.43. The van der Waals surface area contributed by atoms with Crippen LogP contribution in [0.2, 0.25) is 0 Å². The highest BCUT2D eigenvalue weighted by Crippen LogP contribution is 2.35. The summed E-state index contributed by atoms with van der Waals surface area (Å²) in [7, 11) is 0. The molecule has 6 aromatic carbocycles. The van der Waals surface area contributed by atoms with Crippen LogP contribution in [0.25, 0.3) is 0 Å². The minimum Gasteiger partial charge on any atom is -0.313 e. The number of carbonyl (C=O) groups is 3. The Morgan fingerprint density at radius 1 is 0.442 bits per heavy atom. The minimum atomic E-state index is -0.537. The van der Waals surface area contributed by atoms with Gasteiger partial charge in [-0.15, -0.1) is 0 Å². The predicted molar refractivity (Wildman–Crippen MR) is 204 cm³/mol. The minimum absolute atomic E-state index is 0.0547. The van der Waals surface area contributed by atoms with Gasteiger partial charge >= 0.3 is 11.9 Å². The number of nitrogens with zero attached hydrogens (tertiary/aromatic N) is 3. The zero-order valence-corrected chi connectivity index (χ0v) is 28.9. The summed E-state index contributed by atoms with van der Waals surface area (Å²) in [4.78, 5) is 50.5. The largest absolute Gasteiger partial charge is 0.365 e. The summed E-state index contributed by atoms with van der Waals surface area (Å²) in [6.45, 7) is 5.51. The van der Waals surface area contributed by atoms with Gasteiger partial charge in [0, 0.05) is 28.2 Å². The normalized spacial score (nSPS) is 11.4. The van der Waals surface area contributed by atoms with Crippen molar-refractivity contribution < 1.29 is 24.1 Å². The highest BCUT2D eigenvalue weighted by atomic mass is 16.7. The number of oxime groups is 2. The molecule has 0 unspecified atom stereocenters. The van der Waals surface area contributed by atoms with E-state index in [4.69, 9.17) is 9.68 Å². The molecule has 0 spiro atoms. The van der Waals surface area contributed by atoms with Crippen LogP contribution >= 0.6 is 0 Å². The summed E-state index contributed by atoms with van der Waals surface area (Å²) in [5.74, 6) is -1.13. The average Bonchev–Trinajstić information content (AvgIpc) is 3.20. The summed E-state index contributed by atoms with van der Waals surface area (Å²) in [5.41, 5.74) is 8.18. The Morgan fingerprint density at radius 3 is 1.23 bits per heavy atom. The summed E-state index contributed by atoms with van der Waals surface area (Å²) in [6.07, 6.45) is 0. The van der Waals surface area contributed by atoms with Crippen LogP contribution in [0.1, 0.15) is 67.2 Å². The van der Waals surface area contributed by atoms with Gasteiger partial charge in [-0.2, -0.15) is 0 Å². The van der Waals surface area contributed by atoms with Crippen molar-refractivity contribution in [3.63, 3.8) is 0 Å². The summed E-state index contributed by atoms with van der Waals surface area (Å²) in [5, 5.41) is 8.13. The third-order valence-corrected chi connectivity index (χ3v) is 8.30. The molecule has 6 rings (SSSR count). The SMILES string of the molecule is C/C(=N/OC(=O)c1ccccc1)c1ccc(N(c2ccc(C(=O)c3cccc(C)c3)cc2)c2ccc(/C(C)=N/OC(=O)c3ccccc3)cc2)cc1. The molecule has 8 nitrogen and oxygen atoms in total. The third-order valence-electron chi connectivity index (χ3n) is 8.30. The maximum Gasteiger partial charge on any atom is 0.365 e. The van der Waals surface area contributed by atoms with E-state index in [1.54, 1.807) is 62.4 Å². The van der Waals surface area contributed by atoms with Gasteiger partial charge in [0.2, 0.25) is 0 Å². The van der Waals surface area contributed by atoms with Crippen molar-refractivity contribution in [1.82, 2.24) is 0 Å². The maximum absolute atomic E-state index is 13.3. The van der Waals surface area contributed by atoms with Gasteiger partial charge < -0.3 is 14.6 Å². The second kappa shape index (κ2) is 16.2. The summed E-state index contributed by atoms with van der Waals surface area (Å²) >= 11 is 0. The maximum atomic E-state index is 13.3. The van der Waals surface area contributed by atoms with Gasteiger partial charge in [0.1, 0.15) is 0 Å². The number of aryl methyl sites for hydroxylation is 1. The molecule has 0 amide bonds. The van der Waals surface area contributed by atoms with Gasteiger partial charge in [0.25, 0.3) is 0 Å². The molecule has 0 N–H and O–H groups in total. The van der Waals surface area contributed by atoms with Crippen LogP contribution in [0, 0.1) is 6.92 Å².